The summed E-state index contributed by atoms with van der Waals surface area (Å²) in [6.07, 6.45) is 3.05. The number of halogens is 1. The Morgan fingerprint density at radius 3 is 2.30 bits per heavy atom. The predicted octanol–water partition coefficient (Wildman–Crippen LogP) is 2.12. The molecule has 1 amide bonds. The lowest BCUT2D eigenvalue weighted by Gasteiger charge is -2.42. The fourth-order valence-corrected chi connectivity index (χ4v) is 2.81. The number of carbonyl (C=O) groups excluding carboxylic acids is 1. The highest BCUT2D eigenvalue weighted by atomic mass is 35.5. The van der Waals surface area contributed by atoms with Gasteiger partial charge in [0.15, 0.2) is 0 Å². The highest BCUT2D eigenvalue weighted by Crippen LogP contribution is 2.27. The van der Waals surface area contributed by atoms with Crippen LogP contribution in [0.2, 0.25) is 0 Å². The fraction of sp³-hybridized carbons (Fsp3) is 0.933. The molecule has 0 radical (unpaired) electrons. The first-order valence-electron chi connectivity index (χ1n) is 7.66. The van der Waals surface area contributed by atoms with Crippen LogP contribution in [0.5, 0.6) is 0 Å². The molecule has 1 heterocycles. The summed E-state index contributed by atoms with van der Waals surface area (Å²) < 4.78 is 0. The van der Waals surface area contributed by atoms with E-state index in [1.54, 1.807) is 0 Å². The number of likely N-dealkylation sites (tertiary alicyclic amines) is 1. The van der Waals surface area contributed by atoms with Crippen LogP contribution in [0.4, 0.5) is 0 Å². The molecule has 0 aliphatic carbocycles. The third-order valence-corrected chi connectivity index (χ3v) is 4.09. The van der Waals surface area contributed by atoms with Crippen LogP contribution in [0.15, 0.2) is 0 Å². The van der Waals surface area contributed by atoms with Gasteiger partial charge in [-0.1, -0.05) is 27.7 Å². The average molecular weight is 306 g/mol. The second-order valence-electron chi connectivity index (χ2n) is 6.48. The summed E-state index contributed by atoms with van der Waals surface area (Å²) in [5.41, 5.74) is 6.25. The molecule has 4 nitrogen and oxygen atoms in total. The Hall–Kier alpha value is -0.320. The van der Waals surface area contributed by atoms with Gasteiger partial charge >= 0.3 is 0 Å². The molecule has 0 aromatic heterocycles. The number of nitrogens with two attached hydrogens (primary N) is 1. The van der Waals surface area contributed by atoms with E-state index < -0.39 is 0 Å². The molecule has 0 bridgehead atoms. The zero-order valence-electron chi connectivity index (χ0n) is 13.5. The van der Waals surface area contributed by atoms with E-state index in [1.807, 2.05) is 4.90 Å². The highest BCUT2D eigenvalue weighted by Gasteiger charge is 2.34. The van der Waals surface area contributed by atoms with Crippen molar-refractivity contribution in [2.75, 3.05) is 32.7 Å². The van der Waals surface area contributed by atoms with Crippen molar-refractivity contribution in [3.05, 3.63) is 0 Å². The third kappa shape index (κ3) is 5.58. The summed E-state index contributed by atoms with van der Waals surface area (Å²) in [5, 5.41) is 0. The fourth-order valence-electron chi connectivity index (χ4n) is 2.81. The van der Waals surface area contributed by atoms with Gasteiger partial charge in [0.2, 0.25) is 5.91 Å². The van der Waals surface area contributed by atoms with E-state index in [-0.39, 0.29) is 29.8 Å². The summed E-state index contributed by atoms with van der Waals surface area (Å²) >= 11 is 0. The first-order chi connectivity index (χ1) is 8.90. The zero-order chi connectivity index (χ0) is 14.5. The molecule has 0 spiro atoms. The Morgan fingerprint density at radius 1 is 1.30 bits per heavy atom. The van der Waals surface area contributed by atoms with Crippen molar-refractivity contribution in [2.24, 2.45) is 11.1 Å². The Bertz CT molecular complexity index is 291. The van der Waals surface area contributed by atoms with E-state index in [4.69, 9.17) is 5.73 Å². The predicted molar refractivity (Wildman–Crippen MR) is 87.2 cm³/mol. The van der Waals surface area contributed by atoms with Crippen LogP contribution in [0.3, 0.4) is 0 Å². The van der Waals surface area contributed by atoms with Gasteiger partial charge in [0.1, 0.15) is 0 Å². The van der Waals surface area contributed by atoms with Crippen molar-refractivity contribution in [3.63, 3.8) is 0 Å². The van der Waals surface area contributed by atoms with Crippen molar-refractivity contribution >= 4 is 18.3 Å². The van der Waals surface area contributed by atoms with Crippen molar-refractivity contribution in [3.8, 4) is 0 Å². The summed E-state index contributed by atoms with van der Waals surface area (Å²) in [5.74, 6) is 0.273. The van der Waals surface area contributed by atoms with Gasteiger partial charge in [-0.3, -0.25) is 9.69 Å². The number of amides is 1. The standard InChI is InChI=1S/C15H31N3O.ClH/c1-5-8-18(9-6-2)14(19)11-17-10-7-13(16)15(3,4)12-17;/h13H,5-12,16H2,1-4H3;1H. The number of carbonyl (C=O) groups is 1. The van der Waals surface area contributed by atoms with Gasteiger partial charge < -0.3 is 10.6 Å². The second kappa shape index (κ2) is 8.85. The Balaban J connectivity index is 0.00000361. The molecule has 120 valence electrons. The van der Waals surface area contributed by atoms with Gasteiger partial charge in [-0.2, -0.15) is 0 Å². The van der Waals surface area contributed by atoms with Crippen molar-refractivity contribution < 1.29 is 4.79 Å². The largest absolute Gasteiger partial charge is 0.342 e. The first-order valence-corrected chi connectivity index (χ1v) is 7.66. The quantitative estimate of drug-likeness (QED) is 0.818. The van der Waals surface area contributed by atoms with Crippen LogP contribution in [0.25, 0.3) is 0 Å². The minimum Gasteiger partial charge on any atom is -0.342 e. The van der Waals surface area contributed by atoms with Gasteiger partial charge in [-0.05, 0) is 24.7 Å². The number of hydrogen-bond acceptors (Lipinski definition) is 3. The number of hydrogen-bond donors (Lipinski definition) is 1. The monoisotopic (exact) mass is 305 g/mol. The molecular weight excluding hydrogens is 274 g/mol. The Kier molecular flexibility index (Phi) is 8.71. The molecule has 20 heavy (non-hydrogen) atoms. The van der Waals surface area contributed by atoms with E-state index in [9.17, 15) is 4.79 Å². The maximum Gasteiger partial charge on any atom is 0.236 e. The summed E-state index contributed by atoms with van der Waals surface area (Å²) in [6.45, 7) is 12.8. The molecule has 0 saturated carbocycles. The Morgan fingerprint density at radius 2 is 1.85 bits per heavy atom. The van der Waals surface area contributed by atoms with Gasteiger partial charge in [0, 0.05) is 32.2 Å². The lowest BCUT2D eigenvalue weighted by Crippen LogP contribution is -2.54. The molecule has 2 N–H and O–H groups in total. The highest BCUT2D eigenvalue weighted by molar-refractivity contribution is 5.85. The smallest absolute Gasteiger partial charge is 0.236 e. The molecule has 1 atom stereocenters. The molecule has 0 aromatic carbocycles. The summed E-state index contributed by atoms with van der Waals surface area (Å²) in [4.78, 5) is 16.6. The molecule has 0 aromatic rings. The zero-order valence-corrected chi connectivity index (χ0v) is 14.3. The summed E-state index contributed by atoms with van der Waals surface area (Å²) in [6, 6.07) is 0.251. The lowest BCUT2D eigenvalue weighted by molar-refractivity contribution is -0.133. The summed E-state index contributed by atoms with van der Waals surface area (Å²) in [7, 11) is 0. The van der Waals surface area contributed by atoms with Gasteiger partial charge in [0.25, 0.3) is 0 Å². The van der Waals surface area contributed by atoms with E-state index >= 15 is 0 Å². The second-order valence-corrected chi connectivity index (χ2v) is 6.48. The van der Waals surface area contributed by atoms with E-state index in [0.717, 1.165) is 45.4 Å². The molecular formula is C15H32ClN3O. The van der Waals surface area contributed by atoms with Crippen LogP contribution >= 0.6 is 12.4 Å². The minimum absolute atomic E-state index is 0. The molecule has 1 saturated heterocycles. The van der Waals surface area contributed by atoms with E-state index in [1.165, 1.54) is 0 Å². The number of piperidine rings is 1. The Labute approximate surface area is 130 Å². The first kappa shape index (κ1) is 19.7. The SMILES string of the molecule is CCCN(CCC)C(=O)CN1CCC(N)C(C)(C)C1.Cl. The average Bonchev–Trinajstić information content (AvgIpc) is 2.33. The van der Waals surface area contributed by atoms with Crippen molar-refractivity contribution in [1.82, 2.24) is 9.80 Å². The number of nitrogens with zero attached hydrogens (tertiary/aromatic N) is 2. The molecule has 1 rings (SSSR count). The van der Waals surface area contributed by atoms with Crippen LogP contribution < -0.4 is 5.73 Å². The van der Waals surface area contributed by atoms with E-state index in [2.05, 4.69) is 32.6 Å². The van der Waals surface area contributed by atoms with Crippen LogP contribution in [-0.4, -0.2) is 54.5 Å². The molecule has 1 aliphatic rings. The van der Waals surface area contributed by atoms with E-state index in [0.29, 0.717) is 6.54 Å². The van der Waals surface area contributed by atoms with Gasteiger partial charge in [-0.25, -0.2) is 0 Å². The van der Waals surface area contributed by atoms with Crippen LogP contribution in [0, 0.1) is 5.41 Å². The molecule has 1 aliphatic heterocycles. The van der Waals surface area contributed by atoms with Crippen molar-refractivity contribution in [1.29, 1.82) is 0 Å². The maximum atomic E-state index is 12.3. The van der Waals surface area contributed by atoms with Crippen molar-refractivity contribution in [2.45, 2.75) is 53.0 Å². The number of rotatable bonds is 6. The molecule has 5 heteroatoms. The topological polar surface area (TPSA) is 49.6 Å². The van der Waals surface area contributed by atoms with Crippen LogP contribution in [-0.2, 0) is 4.79 Å². The molecule has 1 fully saturated rings. The van der Waals surface area contributed by atoms with Crippen LogP contribution in [0.1, 0.15) is 47.0 Å². The molecule has 1 unspecified atom stereocenters. The third-order valence-electron chi connectivity index (χ3n) is 4.09. The minimum atomic E-state index is 0. The van der Waals surface area contributed by atoms with Gasteiger partial charge in [0.05, 0.1) is 6.54 Å². The maximum absolute atomic E-state index is 12.3. The van der Waals surface area contributed by atoms with Gasteiger partial charge in [-0.15, -0.1) is 12.4 Å². The lowest BCUT2D eigenvalue weighted by atomic mass is 9.80. The normalized spacial score (nSPS) is 22.1.